The maximum Gasteiger partial charge on any atom is 0.310 e. The van der Waals surface area contributed by atoms with Gasteiger partial charge < -0.3 is 4.74 Å². The van der Waals surface area contributed by atoms with Gasteiger partial charge in [0.05, 0.1) is 13.3 Å². The van der Waals surface area contributed by atoms with E-state index in [0.29, 0.717) is 6.54 Å². The van der Waals surface area contributed by atoms with Gasteiger partial charge in [0.1, 0.15) is 5.02 Å². The lowest BCUT2D eigenvalue weighted by Crippen LogP contribution is -2.23. The first-order valence-electron chi connectivity index (χ1n) is 4.00. The van der Waals surface area contributed by atoms with Crippen molar-refractivity contribution in [3.8, 4) is 5.75 Å². The average Bonchev–Trinajstić information content (AvgIpc) is 2.11. The molecule has 0 saturated heterocycles. The Morgan fingerprint density at radius 2 is 2.38 bits per heavy atom. The SMILES string of the molecule is CCCn1ncc(Cl)c(OC)c1=O. The van der Waals surface area contributed by atoms with Gasteiger partial charge in [-0.2, -0.15) is 5.10 Å². The average molecular weight is 203 g/mol. The first-order chi connectivity index (χ1) is 6.20. The van der Waals surface area contributed by atoms with Gasteiger partial charge in [-0.1, -0.05) is 18.5 Å². The Labute approximate surface area is 81.1 Å². The third kappa shape index (κ3) is 2.01. The molecule has 0 saturated carbocycles. The van der Waals surface area contributed by atoms with Crippen LogP contribution in [0, 0.1) is 0 Å². The molecule has 0 aromatic carbocycles. The van der Waals surface area contributed by atoms with E-state index in [0.717, 1.165) is 6.42 Å². The van der Waals surface area contributed by atoms with E-state index in [1.54, 1.807) is 0 Å². The van der Waals surface area contributed by atoms with Crippen LogP contribution in [0.3, 0.4) is 0 Å². The molecule has 0 amide bonds. The molecule has 1 rings (SSSR count). The Balaban J connectivity index is 3.20. The van der Waals surface area contributed by atoms with Crippen LogP contribution in [0.4, 0.5) is 0 Å². The van der Waals surface area contributed by atoms with Crippen LogP contribution in [0.5, 0.6) is 5.75 Å². The highest BCUT2D eigenvalue weighted by atomic mass is 35.5. The molecule has 0 radical (unpaired) electrons. The molecule has 0 N–H and O–H groups in total. The van der Waals surface area contributed by atoms with E-state index in [4.69, 9.17) is 16.3 Å². The van der Waals surface area contributed by atoms with E-state index in [1.807, 2.05) is 6.92 Å². The summed E-state index contributed by atoms with van der Waals surface area (Å²) in [4.78, 5) is 11.5. The van der Waals surface area contributed by atoms with Gasteiger partial charge in [-0.25, -0.2) is 4.68 Å². The minimum Gasteiger partial charge on any atom is -0.490 e. The predicted octanol–water partition coefficient (Wildman–Crippen LogP) is 1.32. The number of rotatable bonds is 3. The van der Waals surface area contributed by atoms with E-state index >= 15 is 0 Å². The Hall–Kier alpha value is -1.03. The lowest BCUT2D eigenvalue weighted by Gasteiger charge is -2.05. The summed E-state index contributed by atoms with van der Waals surface area (Å²) in [6, 6.07) is 0. The number of hydrogen-bond donors (Lipinski definition) is 0. The van der Waals surface area contributed by atoms with Crippen molar-refractivity contribution in [2.75, 3.05) is 7.11 Å². The lowest BCUT2D eigenvalue weighted by atomic mass is 10.4. The van der Waals surface area contributed by atoms with E-state index in [9.17, 15) is 4.79 Å². The molecule has 0 spiro atoms. The first kappa shape index (κ1) is 10.1. The molecule has 0 atom stereocenters. The summed E-state index contributed by atoms with van der Waals surface area (Å²) < 4.78 is 6.20. The van der Waals surface area contributed by atoms with Crippen LogP contribution < -0.4 is 10.3 Å². The Bertz CT molecular complexity index is 348. The van der Waals surface area contributed by atoms with Crippen LogP contribution in [-0.2, 0) is 6.54 Å². The summed E-state index contributed by atoms with van der Waals surface area (Å²) in [5.41, 5.74) is -0.281. The number of aromatic nitrogens is 2. The molecule has 1 heterocycles. The highest BCUT2D eigenvalue weighted by Gasteiger charge is 2.08. The zero-order chi connectivity index (χ0) is 9.84. The molecule has 5 heteroatoms. The maximum atomic E-state index is 11.5. The summed E-state index contributed by atoms with van der Waals surface area (Å²) in [6.45, 7) is 2.54. The summed E-state index contributed by atoms with van der Waals surface area (Å²) in [5, 5.41) is 4.12. The third-order valence-corrected chi connectivity index (χ3v) is 1.86. The van der Waals surface area contributed by atoms with Crippen molar-refractivity contribution in [3.63, 3.8) is 0 Å². The molecule has 4 nitrogen and oxygen atoms in total. The number of hydrogen-bond acceptors (Lipinski definition) is 3. The molecule has 1 aromatic heterocycles. The van der Waals surface area contributed by atoms with Crippen LogP contribution >= 0.6 is 11.6 Å². The normalized spacial score (nSPS) is 10.1. The zero-order valence-corrected chi connectivity index (χ0v) is 8.34. The summed E-state index contributed by atoms with van der Waals surface area (Å²) in [7, 11) is 1.42. The van der Waals surface area contributed by atoms with Crippen molar-refractivity contribution in [2.24, 2.45) is 0 Å². The predicted molar refractivity (Wildman–Crippen MR) is 50.4 cm³/mol. The van der Waals surface area contributed by atoms with Gasteiger partial charge in [0, 0.05) is 6.54 Å². The van der Waals surface area contributed by atoms with Crippen LogP contribution in [0.2, 0.25) is 5.02 Å². The van der Waals surface area contributed by atoms with Gasteiger partial charge in [0.15, 0.2) is 0 Å². The largest absolute Gasteiger partial charge is 0.490 e. The summed E-state index contributed by atoms with van der Waals surface area (Å²) in [5.74, 6) is 0.158. The molecule has 0 aliphatic carbocycles. The molecular formula is C8H11ClN2O2. The minimum absolute atomic E-state index is 0.158. The van der Waals surface area contributed by atoms with Crippen molar-refractivity contribution >= 4 is 11.6 Å². The number of ether oxygens (including phenoxy) is 1. The van der Waals surface area contributed by atoms with Gasteiger partial charge >= 0.3 is 5.56 Å². The van der Waals surface area contributed by atoms with Gasteiger partial charge in [-0.3, -0.25) is 4.79 Å². The number of aryl methyl sites for hydroxylation is 1. The zero-order valence-electron chi connectivity index (χ0n) is 7.58. The van der Waals surface area contributed by atoms with Crippen LogP contribution in [0.1, 0.15) is 13.3 Å². The van der Waals surface area contributed by atoms with Gasteiger partial charge in [-0.15, -0.1) is 0 Å². The molecule has 0 bridgehead atoms. The Morgan fingerprint density at radius 3 is 2.92 bits per heavy atom. The summed E-state index contributed by atoms with van der Waals surface area (Å²) in [6.07, 6.45) is 2.26. The molecule has 72 valence electrons. The first-order valence-corrected chi connectivity index (χ1v) is 4.38. The molecular weight excluding hydrogens is 192 g/mol. The fourth-order valence-corrected chi connectivity index (χ4v) is 1.21. The molecule has 0 aliphatic heterocycles. The van der Waals surface area contributed by atoms with E-state index in [-0.39, 0.29) is 16.3 Å². The topological polar surface area (TPSA) is 44.1 Å². The highest BCUT2D eigenvalue weighted by Crippen LogP contribution is 2.16. The number of halogens is 1. The van der Waals surface area contributed by atoms with Crippen molar-refractivity contribution in [3.05, 3.63) is 21.6 Å². The van der Waals surface area contributed by atoms with Crippen molar-refractivity contribution < 1.29 is 4.74 Å². The summed E-state index contributed by atoms with van der Waals surface area (Å²) >= 11 is 5.70. The smallest absolute Gasteiger partial charge is 0.310 e. The van der Waals surface area contributed by atoms with Crippen molar-refractivity contribution in [1.82, 2.24) is 9.78 Å². The van der Waals surface area contributed by atoms with E-state index in [1.165, 1.54) is 18.0 Å². The Kier molecular flexibility index (Phi) is 3.31. The van der Waals surface area contributed by atoms with Gasteiger partial charge in [-0.05, 0) is 6.42 Å². The molecule has 0 aliphatic rings. The second-order valence-electron chi connectivity index (χ2n) is 2.55. The fraction of sp³-hybridized carbons (Fsp3) is 0.500. The number of methoxy groups -OCH3 is 1. The minimum atomic E-state index is -0.281. The van der Waals surface area contributed by atoms with E-state index < -0.39 is 0 Å². The standard InChI is InChI=1S/C8H11ClN2O2/c1-3-4-11-8(12)7(13-2)6(9)5-10-11/h5H,3-4H2,1-2H3. The second-order valence-corrected chi connectivity index (χ2v) is 2.96. The third-order valence-electron chi connectivity index (χ3n) is 1.60. The maximum absolute atomic E-state index is 11.5. The highest BCUT2D eigenvalue weighted by molar-refractivity contribution is 6.31. The Morgan fingerprint density at radius 1 is 1.69 bits per heavy atom. The molecule has 0 fully saturated rings. The fourth-order valence-electron chi connectivity index (χ4n) is 1.01. The lowest BCUT2D eigenvalue weighted by molar-refractivity contribution is 0.396. The monoisotopic (exact) mass is 202 g/mol. The molecule has 0 unspecified atom stereocenters. The van der Waals surface area contributed by atoms with Gasteiger partial charge in [0.25, 0.3) is 0 Å². The van der Waals surface area contributed by atoms with Crippen molar-refractivity contribution in [2.45, 2.75) is 19.9 Å². The van der Waals surface area contributed by atoms with Crippen LogP contribution in [0.25, 0.3) is 0 Å². The molecule has 13 heavy (non-hydrogen) atoms. The number of nitrogens with zero attached hydrogens (tertiary/aromatic N) is 2. The van der Waals surface area contributed by atoms with Crippen molar-refractivity contribution in [1.29, 1.82) is 0 Å². The quantitative estimate of drug-likeness (QED) is 0.743. The van der Waals surface area contributed by atoms with Crippen LogP contribution in [-0.4, -0.2) is 16.9 Å². The molecule has 1 aromatic rings. The van der Waals surface area contributed by atoms with Gasteiger partial charge in [0.2, 0.25) is 5.75 Å². The van der Waals surface area contributed by atoms with E-state index in [2.05, 4.69) is 5.10 Å². The van der Waals surface area contributed by atoms with Crippen LogP contribution in [0.15, 0.2) is 11.0 Å². The second kappa shape index (κ2) is 4.28.